The summed E-state index contributed by atoms with van der Waals surface area (Å²) in [5.74, 6) is -4.36. The summed E-state index contributed by atoms with van der Waals surface area (Å²) < 4.78 is 0. The number of nitrogens with two attached hydrogens (primary N) is 1. The molecule has 0 heterocycles. The molecule has 0 bridgehead atoms. The second kappa shape index (κ2) is 4.85. The predicted octanol–water partition coefficient (Wildman–Crippen LogP) is 1.25. The van der Waals surface area contributed by atoms with Gasteiger partial charge in [-0.1, -0.05) is 17.7 Å². The average Bonchev–Trinajstić information content (AvgIpc) is 2.15. The number of anilines is 1. The van der Waals surface area contributed by atoms with Crippen molar-refractivity contribution in [1.82, 2.24) is 0 Å². The lowest BCUT2D eigenvalue weighted by molar-refractivity contribution is -0.154. The van der Waals surface area contributed by atoms with Gasteiger partial charge >= 0.3 is 11.9 Å². The van der Waals surface area contributed by atoms with Crippen LogP contribution < -0.4 is 5.73 Å². The number of hydrogen-bond acceptors (Lipinski definition) is 3. The summed E-state index contributed by atoms with van der Waals surface area (Å²) in [6.45, 7) is 0. The van der Waals surface area contributed by atoms with Crippen LogP contribution >= 0.6 is 11.6 Å². The fraction of sp³-hybridized carbons (Fsp3) is 0.200. The van der Waals surface area contributed by atoms with Gasteiger partial charge in [-0.15, -0.1) is 0 Å². The minimum Gasteiger partial charge on any atom is -0.481 e. The molecule has 0 radical (unpaired) electrons. The van der Waals surface area contributed by atoms with Crippen LogP contribution in [0.5, 0.6) is 0 Å². The third kappa shape index (κ3) is 2.64. The molecule has 0 unspecified atom stereocenters. The lowest BCUT2D eigenvalue weighted by Gasteiger charge is -2.11. The van der Waals surface area contributed by atoms with Crippen molar-refractivity contribution in [3.63, 3.8) is 0 Å². The van der Waals surface area contributed by atoms with E-state index in [0.29, 0.717) is 11.3 Å². The normalized spacial score (nSPS) is 10.4. The number of benzene rings is 1. The van der Waals surface area contributed by atoms with Gasteiger partial charge in [0.05, 0.1) is 0 Å². The number of halogens is 1. The van der Waals surface area contributed by atoms with E-state index < -0.39 is 17.9 Å². The lowest BCUT2D eigenvalue weighted by atomic mass is 9.98. The van der Waals surface area contributed by atoms with Gasteiger partial charge in [-0.05, 0) is 24.1 Å². The van der Waals surface area contributed by atoms with Gasteiger partial charge in [0, 0.05) is 10.7 Å². The first kappa shape index (κ1) is 12.3. The van der Waals surface area contributed by atoms with Gasteiger partial charge in [0.25, 0.3) is 0 Å². The summed E-state index contributed by atoms with van der Waals surface area (Å²) in [5, 5.41) is 17.7. The number of nitrogen functional groups attached to an aromatic ring is 1. The third-order valence-electron chi connectivity index (χ3n) is 2.16. The first-order valence-corrected chi connectivity index (χ1v) is 4.79. The Morgan fingerprint density at radius 3 is 2.31 bits per heavy atom. The molecule has 0 spiro atoms. The molecular formula is C10H10ClNO4. The van der Waals surface area contributed by atoms with E-state index in [9.17, 15) is 9.59 Å². The Bertz CT molecular complexity index is 399. The SMILES string of the molecule is Nc1cccc(Cl)c1CC(C(=O)O)C(=O)O. The van der Waals surface area contributed by atoms with Gasteiger partial charge in [-0.25, -0.2) is 0 Å². The largest absolute Gasteiger partial charge is 0.481 e. The zero-order valence-electron chi connectivity index (χ0n) is 8.18. The number of aliphatic carboxylic acids is 2. The summed E-state index contributed by atoms with van der Waals surface area (Å²) in [7, 11) is 0. The van der Waals surface area contributed by atoms with E-state index in [-0.39, 0.29) is 11.4 Å². The molecule has 0 fully saturated rings. The summed E-state index contributed by atoms with van der Waals surface area (Å²) in [6, 6.07) is 4.69. The molecule has 4 N–H and O–H groups in total. The molecule has 1 rings (SSSR count). The van der Waals surface area contributed by atoms with Crippen molar-refractivity contribution < 1.29 is 19.8 Å². The standard InChI is InChI=1S/C10H10ClNO4/c11-7-2-1-3-8(12)5(7)4-6(9(13)14)10(15)16/h1-3,6H,4,12H2,(H,13,14)(H,15,16). The maximum atomic E-state index is 10.7. The number of hydrogen-bond donors (Lipinski definition) is 3. The van der Waals surface area contributed by atoms with Crippen LogP contribution in [0.1, 0.15) is 5.56 Å². The highest BCUT2D eigenvalue weighted by Gasteiger charge is 2.27. The van der Waals surface area contributed by atoms with Crippen molar-refractivity contribution in [3.05, 3.63) is 28.8 Å². The highest BCUT2D eigenvalue weighted by Crippen LogP contribution is 2.25. The maximum absolute atomic E-state index is 10.7. The first-order valence-electron chi connectivity index (χ1n) is 4.42. The Hall–Kier alpha value is -1.75. The summed E-state index contributed by atoms with van der Waals surface area (Å²) in [4.78, 5) is 21.4. The summed E-state index contributed by atoms with van der Waals surface area (Å²) >= 11 is 5.82. The van der Waals surface area contributed by atoms with E-state index in [4.69, 9.17) is 27.5 Å². The Labute approximate surface area is 96.4 Å². The molecule has 0 aromatic heterocycles. The Kier molecular flexibility index (Phi) is 3.73. The summed E-state index contributed by atoms with van der Waals surface area (Å²) in [6.07, 6.45) is -0.226. The van der Waals surface area contributed by atoms with E-state index in [1.54, 1.807) is 12.1 Å². The third-order valence-corrected chi connectivity index (χ3v) is 2.51. The van der Waals surface area contributed by atoms with Crippen LogP contribution in [0.3, 0.4) is 0 Å². The lowest BCUT2D eigenvalue weighted by Crippen LogP contribution is -2.26. The van der Waals surface area contributed by atoms with Crippen LogP contribution in [-0.4, -0.2) is 22.2 Å². The molecule has 1 aromatic carbocycles. The highest BCUT2D eigenvalue weighted by molar-refractivity contribution is 6.31. The molecule has 16 heavy (non-hydrogen) atoms. The van der Waals surface area contributed by atoms with Gasteiger partial charge in [-0.3, -0.25) is 9.59 Å². The minimum atomic E-state index is -1.54. The van der Waals surface area contributed by atoms with Crippen LogP contribution in [-0.2, 0) is 16.0 Å². The molecule has 0 aliphatic heterocycles. The van der Waals surface area contributed by atoms with Gasteiger partial charge < -0.3 is 15.9 Å². The predicted molar refractivity (Wildman–Crippen MR) is 58.3 cm³/mol. The number of carbonyl (C=O) groups is 2. The van der Waals surface area contributed by atoms with Crippen molar-refractivity contribution in [1.29, 1.82) is 0 Å². The molecule has 0 aliphatic carbocycles. The zero-order chi connectivity index (χ0) is 12.3. The van der Waals surface area contributed by atoms with E-state index in [0.717, 1.165) is 0 Å². The van der Waals surface area contributed by atoms with Crippen molar-refractivity contribution in [3.8, 4) is 0 Å². The minimum absolute atomic E-state index is 0.226. The van der Waals surface area contributed by atoms with Crippen LogP contribution in [0.25, 0.3) is 0 Å². The molecule has 1 aromatic rings. The van der Waals surface area contributed by atoms with Crippen molar-refractivity contribution in [2.75, 3.05) is 5.73 Å². The topological polar surface area (TPSA) is 101 Å². The smallest absolute Gasteiger partial charge is 0.318 e. The van der Waals surface area contributed by atoms with Gasteiger partial charge in [0.15, 0.2) is 5.92 Å². The number of rotatable bonds is 4. The molecule has 6 heteroatoms. The van der Waals surface area contributed by atoms with E-state index in [2.05, 4.69) is 0 Å². The molecule has 0 atom stereocenters. The maximum Gasteiger partial charge on any atom is 0.318 e. The van der Waals surface area contributed by atoms with Gasteiger partial charge in [0.2, 0.25) is 0 Å². The fourth-order valence-corrected chi connectivity index (χ4v) is 1.53. The van der Waals surface area contributed by atoms with Crippen molar-refractivity contribution in [2.24, 2.45) is 5.92 Å². The van der Waals surface area contributed by atoms with Gasteiger partial charge in [-0.2, -0.15) is 0 Å². The zero-order valence-corrected chi connectivity index (χ0v) is 8.94. The molecule has 5 nitrogen and oxygen atoms in total. The van der Waals surface area contributed by atoms with E-state index in [1.165, 1.54) is 6.07 Å². The van der Waals surface area contributed by atoms with Crippen LogP contribution in [0.4, 0.5) is 5.69 Å². The fourth-order valence-electron chi connectivity index (χ4n) is 1.28. The Morgan fingerprint density at radius 2 is 1.88 bits per heavy atom. The Morgan fingerprint density at radius 1 is 1.31 bits per heavy atom. The molecule has 0 aliphatic rings. The number of carboxylic acid groups (broad SMARTS) is 2. The first-order chi connectivity index (χ1) is 7.43. The average molecular weight is 244 g/mol. The number of carboxylic acids is 2. The second-order valence-corrected chi connectivity index (χ2v) is 3.65. The van der Waals surface area contributed by atoms with Crippen molar-refractivity contribution in [2.45, 2.75) is 6.42 Å². The van der Waals surface area contributed by atoms with Crippen molar-refractivity contribution >= 4 is 29.2 Å². The quantitative estimate of drug-likeness (QED) is 0.546. The molecule has 0 saturated carbocycles. The van der Waals surface area contributed by atoms with Crippen LogP contribution in [0.2, 0.25) is 5.02 Å². The summed E-state index contributed by atoms with van der Waals surface area (Å²) in [5.41, 5.74) is 6.24. The monoisotopic (exact) mass is 243 g/mol. The molecule has 86 valence electrons. The van der Waals surface area contributed by atoms with Crippen LogP contribution in [0, 0.1) is 5.92 Å². The van der Waals surface area contributed by atoms with Crippen LogP contribution in [0.15, 0.2) is 18.2 Å². The molecule has 0 saturated heterocycles. The molecular weight excluding hydrogens is 234 g/mol. The Balaban J connectivity index is 3.03. The van der Waals surface area contributed by atoms with E-state index in [1.807, 2.05) is 0 Å². The van der Waals surface area contributed by atoms with E-state index >= 15 is 0 Å². The second-order valence-electron chi connectivity index (χ2n) is 3.24. The highest BCUT2D eigenvalue weighted by atomic mass is 35.5. The van der Waals surface area contributed by atoms with Gasteiger partial charge in [0.1, 0.15) is 0 Å². The molecule has 0 amide bonds.